The molecular weight excluding hydrogens is 712 g/mol. The Morgan fingerprint density at radius 2 is 1.75 bits per heavy atom. The first kappa shape index (κ1) is 36.5. The van der Waals surface area contributed by atoms with Crippen molar-refractivity contribution in [3.63, 3.8) is 0 Å². The van der Waals surface area contributed by atoms with E-state index in [1.165, 1.54) is 48.1 Å². The number of nitrogens with zero attached hydrogens (tertiary/aromatic N) is 5. The molecule has 2 aromatic heterocycles. The molecule has 2 aromatic carbocycles. The zero-order valence-corrected chi connectivity index (χ0v) is 30.3. The van der Waals surface area contributed by atoms with E-state index >= 15 is 8.78 Å². The zero-order valence-electron chi connectivity index (χ0n) is 29.5. The van der Waals surface area contributed by atoms with Crippen molar-refractivity contribution in [2.75, 3.05) is 45.2 Å². The maximum Gasteiger partial charge on any atom is 0.317 e. The smallest absolute Gasteiger partial charge is 0.317 e. The highest BCUT2D eigenvalue weighted by Crippen LogP contribution is 2.45. The summed E-state index contributed by atoms with van der Waals surface area (Å²) >= 11 is 6.48. The Hall–Kier alpha value is -4.90. The number of urea groups is 1. The molecule has 0 spiro atoms. The van der Waals surface area contributed by atoms with Crippen LogP contribution in [-0.2, 0) is 18.3 Å². The molecule has 2 aliphatic heterocycles. The average molecular weight is 752 g/mol. The summed E-state index contributed by atoms with van der Waals surface area (Å²) in [6, 6.07) is 6.77. The standard InChI is InChI=1S/C36H40ClF2N9O5/c1-17-29(18(2)48(45-17)9-10-53-4)22-8-7-21(30(38)31(22)39)27-13-41-33(46(27)3)35(51)42-19-5-6-20(25(37)11-19)34(50)44-32-23-15-47(16-24(23)32)36(52)43-26-12-40-14-28(26)49/h5-8,11,13,23-24,26,28,32,40,49H,9-10,12,14-16H2,1-4H3,(H,42,51)(H,43,52)(H,44,50)/t23-,24+,26-,28-,32+/m1/s1. The Labute approximate surface area is 308 Å². The van der Waals surface area contributed by atoms with Gasteiger partial charge in [-0.05, 0) is 38.1 Å². The van der Waals surface area contributed by atoms with Gasteiger partial charge < -0.3 is 40.6 Å². The van der Waals surface area contributed by atoms with E-state index in [0.717, 1.165) is 0 Å². The van der Waals surface area contributed by atoms with Crippen LogP contribution >= 0.6 is 11.6 Å². The predicted octanol–water partition coefficient (Wildman–Crippen LogP) is 3.10. The number of amides is 4. The summed E-state index contributed by atoms with van der Waals surface area (Å²) in [4.78, 5) is 44.9. The molecule has 4 heterocycles. The van der Waals surface area contributed by atoms with Gasteiger partial charge in [-0.25, -0.2) is 18.6 Å². The number of rotatable bonds is 10. The number of aliphatic hydroxyl groups is 1. The number of aromatic nitrogens is 4. The quantitative estimate of drug-likeness (QED) is 0.165. The van der Waals surface area contributed by atoms with E-state index in [4.69, 9.17) is 16.3 Å². The summed E-state index contributed by atoms with van der Waals surface area (Å²) in [5, 5.41) is 26.1. The number of hydrogen-bond donors (Lipinski definition) is 5. The van der Waals surface area contributed by atoms with Crippen LogP contribution in [0.2, 0.25) is 5.02 Å². The number of fused-ring (bicyclic) bond motifs is 1. The number of imidazole rings is 1. The molecule has 4 amide bonds. The highest BCUT2D eigenvalue weighted by molar-refractivity contribution is 6.34. The Balaban J connectivity index is 0.971. The molecule has 7 rings (SSSR count). The largest absolute Gasteiger partial charge is 0.390 e. The minimum Gasteiger partial charge on any atom is -0.390 e. The van der Waals surface area contributed by atoms with E-state index in [2.05, 4.69) is 31.3 Å². The Morgan fingerprint density at radius 3 is 2.43 bits per heavy atom. The van der Waals surface area contributed by atoms with Gasteiger partial charge >= 0.3 is 6.03 Å². The molecule has 5 N–H and O–H groups in total. The van der Waals surface area contributed by atoms with Crippen molar-refractivity contribution in [2.45, 2.75) is 38.6 Å². The number of carbonyl (C=O) groups excluding carboxylic acids is 3. The summed E-state index contributed by atoms with van der Waals surface area (Å²) in [5.74, 6) is -2.93. The molecule has 14 nitrogen and oxygen atoms in total. The topological polar surface area (TPSA) is 168 Å². The van der Waals surface area contributed by atoms with Gasteiger partial charge in [0, 0.05) is 86.3 Å². The molecule has 280 valence electrons. The van der Waals surface area contributed by atoms with Crippen molar-refractivity contribution in [1.82, 2.24) is 40.2 Å². The number of aliphatic hydroxyl groups excluding tert-OH is 1. The average Bonchev–Trinajstić information content (AvgIpc) is 3.62. The van der Waals surface area contributed by atoms with Crippen molar-refractivity contribution >= 4 is 35.1 Å². The van der Waals surface area contributed by atoms with Crippen molar-refractivity contribution in [1.29, 1.82) is 0 Å². The third-order valence-electron chi connectivity index (χ3n) is 10.4. The molecule has 5 atom stereocenters. The maximum atomic E-state index is 15.6. The molecule has 3 fully saturated rings. The number of ether oxygens (including phenoxy) is 1. The number of hydrogen-bond acceptors (Lipinski definition) is 8. The fourth-order valence-corrected chi connectivity index (χ4v) is 7.72. The van der Waals surface area contributed by atoms with Crippen LogP contribution < -0.4 is 21.3 Å². The van der Waals surface area contributed by atoms with E-state index in [-0.39, 0.29) is 69.1 Å². The second-order valence-electron chi connectivity index (χ2n) is 13.7. The van der Waals surface area contributed by atoms with Gasteiger partial charge in [-0.3, -0.25) is 14.3 Å². The Morgan fingerprint density at radius 1 is 1.04 bits per heavy atom. The lowest BCUT2D eigenvalue weighted by Crippen LogP contribution is -2.49. The highest BCUT2D eigenvalue weighted by atomic mass is 35.5. The van der Waals surface area contributed by atoms with Crippen LogP contribution in [0.25, 0.3) is 22.4 Å². The number of anilines is 1. The van der Waals surface area contributed by atoms with Gasteiger partial charge in [0.25, 0.3) is 11.8 Å². The van der Waals surface area contributed by atoms with Gasteiger partial charge in [-0.15, -0.1) is 0 Å². The number of aryl methyl sites for hydroxylation is 1. The van der Waals surface area contributed by atoms with Crippen molar-refractivity contribution in [2.24, 2.45) is 18.9 Å². The fraction of sp³-hybridized carbons (Fsp3) is 0.417. The number of nitrogens with one attached hydrogen (secondary N) is 4. The molecule has 2 saturated heterocycles. The van der Waals surface area contributed by atoms with Crippen LogP contribution in [0.15, 0.2) is 36.5 Å². The predicted molar refractivity (Wildman–Crippen MR) is 192 cm³/mol. The molecule has 3 aliphatic rings. The molecule has 17 heteroatoms. The summed E-state index contributed by atoms with van der Waals surface area (Å²) < 4.78 is 39.4. The summed E-state index contributed by atoms with van der Waals surface area (Å²) in [6.07, 6.45) is 0.676. The van der Waals surface area contributed by atoms with Crippen LogP contribution in [0.1, 0.15) is 32.4 Å². The fourth-order valence-electron chi connectivity index (χ4n) is 7.45. The lowest BCUT2D eigenvalue weighted by atomic mass is 10.00. The van der Waals surface area contributed by atoms with E-state index in [1.54, 1.807) is 30.5 Å². The van der Waals surface area contributed by atoms with Crippen LogP contribution in [0.4, 0.5) is 19.3 Å². The first-order chi connectivity index (χ1) is 25.4. The third-order valence-corrected chi connectivity index (χ3v) is 10.8. The van der Waals surface area contributed by atoms with Crippen LogP contribution in [0, 0.1) is 37.3 Å². The maximum absolute atomic E-state index is 15.6. The Kier molecular flexibility index (Phi) is 9.97. The van der Waals surface area contributed by atoms with Crippen molar-refractivity contribution < 1.29 is 33.0 Å². The minimum atomic E-state index is -1.09. The second-order valence-corrected chi connectivity index (χ2v) is 14.1. The second kappa shape index (κ2) is 14.5. The molecular formula is C36H40ClF2N9O5. The van der Waals surface area contributed by atoms with Gasteiger partial charge in [0.2, 0.25) is 0 Å². The molecule has 0 bridgehead atoms. The Bertz CT molecular complexity index is 2090. The zero-order chi connectivity index (χ0) is 37.7. The minimum absolute atomic E-state index is 0.0629. The summed E-state index contributed by atoms with van der Waals surface area (Å²) in [7, 11) is 3.10. The third kappa shape index (κ3) is 6.87. The summed E-state index contributed by atoms with van der Waals surface area (Å²) in [5.41, 5.74) is 2.44. The molecule has 1 saturated carbocycles. The first-order valence-electron chi connectivity index (χ1n) is 17.3. The number of carbonyl (C=O) groups is 3. The summed E-state index contributed by atoms with van der Waals surface area (Å²) in [6.45, 7) is 6.37. The number of likely N-dealkylation sites (tertiary alicyclic amines) is 1. The van der Waals surface area contributed by atoms with Crippen molar-refractivity contribution in [3.05, 3.63) is 76.0 Å². The highest BCUT2D eigenvalue weighted by Gasteiger charge is 2.57. The van der Waals surface area contributed by atoms with Crippen LogP contribution in [0.5, 0.6) is 0 Å². The molecule has 1 aliphatic carbocycles. The van der Waals surface area contributed by atoms with Gasteiger partial charge in [0.15, 0.2) is 17.5 Å². The van der Waals surface area contributed by atoms with Crippen LogP contribution in [0.3, 0.4) is 0 Å². The molecule has 0 radical (unpaired) electrons. The number of piperidine rings is 1. The van der Waals surface area contributed by atoms with Gasteiger partial charge in [-0.1, -0.05) is 17.7 Å². The lowest BCUT2D eigenvalue weighted by molar-refractivity contribution is 0.0943. The first-order valence-corrected chi connectivity index (χ1v) is 17.6. The number of methoxy groups -OCH3 is 1. The lowest BCUT2D eigenvalue weighted by Gasteiger charge is -2.24. The van der Waals surface area contributed by atoms with Gasteiger partial charge in [-0.2, -0.15) is 5.10 Å². The molecule has 0 unspecified atom stereocenters. The number of benzene rings is 2. The van der Waals surface area contributed by atoms with E-state index in [1.807, 2.05) is 0 Å². The van der Waals surface area contributed by atoms with E-state index < -0.39 is 23.6 Å². The monoisotopic (exact) mass is 751 g/mol. The number of halogens is 3. The SMILES string of the molecule is COCCn1nc(C)c(-c2ccc(-c3cnc(C(=O)Nc4ccc(C(=O)N[C@H]5[C@@H]6CN(C(=O)N[C@@H]7CNC[C@H]7O)C[C@@H]65)c(Cl)c4)n3C)c(F)c2F)c1C. The van der Waals surface area contributed by atoms with Crippen molar-refractivity contribution in [3.8, 4) is 22.4 Å². The van der Waals surface area contributed by atoms with Gasteiger partial charge in [0.1, 0.15) is 0 Å². The van der Waals surface area contributed by atoms with Gasteiger partial charge in [0.05, 0.1) is 53.5 Å². The molecule has 4 aromatic rings. The van der Waals surface area contributed by atoms with E-state index in [9.17, 15) is 19.5 Å². The normalized spacial score (nSPS) is 21.8. The molecule has 53 heavy (non-hydrogen) atoms. The van der Waals surface area contributed by atoms with E-state index in [0.29, 0.717) is 62.0 Å². The number of β-amino-alcohol motifs (C(OH)–C–C–N with tert-alkyl or cyclic N) is 1. The van der Waals surface area contributed by atoms with Crippen LogP contribution in [-0.4, -0.2) is 105 Å².